The summed E-state index contributed by atoms with van der Waals surface area (Å²) in [6.07, 6.45) is 7.65. The van der Waals surface area contributed by atoms with E-state index in [0.717, 1.165) is 76.9 Å². The Morgan fingerprint density at radius 1 is 0.907 bits per heavy atom. The first-order chi connectivity index (χ1) is 21.0. The first kappa shape index (κ1) is 29.8. The molecule has 43 heavy (non-hydrogen) atoms. The number of aliphatic carboxylic acids is 1. The van der Waals surface area contributed by atoms with E-state index in [2.05, 4.69) is 40.1 Å². The van der Waals surface area contributed by atoms with Crippen LogP contribution in [0.5, 0.6) is 0 Å². The van der Waals surface area contributed by atoms with Gasteiger partial charge in [0.15, 0.2) is 0 Å². The minimum Gasteiger partial charge on any atom is -0.480 e. The first-order valence-corrected chi connectivity index (χ1v) is 16.4. The molecule has 3 heterocycles. The van der Waals surface area contributed by atoms with Crippen molar-refractivity contribution in [3.05, 3.63) is 89.2 Å². The van der Waals surface area contributed by atoms with Gasteiger partial charge in [-0.3, -0.25) is 19.2 Å². The number of carbonyl (C=O) groups is 2. The molecule has 2 aromatic carbocycles. The fraction of sp³-hybridized carbons (Fsp3) is 0.528. The second-order valence-corrected chi connectivity index (χ2v) is 13.0. The van der Waals surface area contributed by atoms with E-state index in [4.69, 9.17) is 5.10 Å². The minimum absolute atomic E-state index is 0.0317. The maximum atomic E-state index is 13.2. The number of nitrogens with zero attached hydrogens (tertiary/aromatic N) is 4. The van der Waals surface area contributed by atoms with Crippen LogP contribution in [0.2, 0.25) is 0 Å². The molecule has 0 radical (unpaired) electrons. The lowest BCUT2D eigenvalue weighted by molar-refractivity contribution is -0.145. The van der Waals surface area contributed by atoms with E-state index >= 15 is 0 Å². The van der Waals surface area contributed by atoms with Crippen LogP contribution in [0.1, 0.15) is 91.0 Å². The van der Waals surface area contributed by atoms with Gasteiger partial charge in [0, 0.05) is 43.6 Å². The van der Waals surface area contributed by atoms with Gasteiger partial charge in [0.1, 0.15) is 11.7 Å². The van der Waals surface area contributed by atoms with Crippen LogP contribution in [0.15, 0.2) is 66.7 Å². The summed E-state index contributed by atoms with van der Waals surface area (Å²) in [5.74, 6) is 0.744. The van der Waals surface area contributed by atoms with E-state index in [0.29, 0.717) is 35.6 Å². The van der Waals surface area contributed by atoms with Crippen LogP contribution < -0.4 is 0 Å². The SMILES string of the molecule is CCn1nc(C2CCN(C[C@H]3CN([C@@H](C(=O)O)C4CCCCC4)C[C@@H]3c3ccccc3)CC2)cc1C(=O)c1ccccc1. The Morgan fingerprint density at radius 2 is 1.58 bits per heavy atom. The Hall–Kier alpha value is -3.29. The second-order valence-electron chi connectivity index (χ2n) is 13.0. The third-order valence-corrected chi connectivity index (χ3v) is 10.3. The zero-order valence-electron chi connectivity index (χ0n) is 25.5. The summed E-state index contributed by atoms with van der Waals surface area (Å²) >= 11 is 0. The Morgan fingerprint density at radius 3 is 2.23 bits per heavy atom. The van der Waals surface area contributed by atoms with Crippen molar-refractivity contribution in [2.24, 2.45) is 11.8 Å². The summed E-state index contributed by atoms with van der Waals surface area (Å²) in [4.78, 5) is 30.7. The lowest BCUT2D eigenvalue weighted by Gasteiger charge is -2.35. The average molecular weight is 583 g/mol. The predicted molar refractivity (Wildman–Crippen MR) is 168 cm³/mol. The van der Waals surface area contributed by atoms with Gasteiger partial charge in [-0.1, -0.05) is 79.9 Å². The number of ketones is 1. The Kier molecular flexibility index (Phi) is 9.39. The molecule has 3 fully saturated rings. The molecule has 1 saturated carbocycles. The van der Waals surface area contributed by atoms with Crippen molar-refractivity contribution in [2.45, 2.75) is 76.3 Å². The number of hydrogen-bond acceptors (Lipinski definition) is 5. The summed E-state index contributed by atoms with van der Waals surface area (Å²) in [6, 6.07) is 21.9. The molecule has 228 valence electrons. The van der Waals surface area contributed by atoms with E-state index in [1.807, 2.05) is 48.0 Å². The summed E-state index contributed by atoms with van der Waals surface area (Å²) < 4.78 is 1.86. The van der Waals surface area contributed by atoms with Crippen LogP contribution in [0.3, 0.4) is 0 Å². The van der Waals surface area contributed by atoms with E-state index in [-0.39, 0.29) is 17.7 Å². The number of rotatable bonds is 10. The minimum atomic E-state index is -0.642. The molecule has 3 aromatic rings. The molecule has 6 rings (SSSR count). The van der Waals surface area contributed by atoms with Gasteiger partial charge in [-0.15, -0.1) is 0 Å². The largest absolute Gasteiger partial charge is 0.480 e. The van der Waals surface area contributed by atoms with Gasteiger partial charge >= 0.3 is 5.97 Å². The van der Waals surface area contributed by atoms with Gasteiger partial charge < -0.3 is 10.0 Å². The van der Waals surface area contributed by atoms with Gasteiger partial charge in [-0.05, 0) is 69.2 Å². The fourth-order valence-electron chi connectivity index (χ4n) is 8.04. The number of aryl methyl sites for hydroxylation is 1. The highest BCUT2D eigenvalue weighted by molar-refractivity contribution is 6.07. The molecule has 3 aliphatic rings. The molecular formula is C36H46N4O3. The van der Waals surface area contributed by atoms with Crippen molar-refractivity contribution in [1.29, 1.82) is 0 Å². The zero-order chi connectivity index (χ0) is 29.8. The number of aromatic nitrogens is 2. The van der Waals surface area contributed by atoms with Crippen LogP contribution in [0, 0.1) is 11.8 Å². The first-order valence-electron chi connectivity index (χ1n) is 16.4. The van der Waals surface area contributed by atoms with Crippen LogP contribution >= 0.6 is 0 Å². The fourth-order valence-corrected chi connectivity index (χ4v) is 8.04. The van der Waals surface area contributed by atoms with E-state index in [9.17, 15) is 14.7 Å². The van der Waals surface area contributed by atoms with E-state index in [1.54, 1.807) is 0 Å². The third kappa shape index (κ3) is 6.63. The summed E-state index contributed by atoms with van der Waals surface area (Å²) in [5.41, 5.74) is 3.74. The van der Waals surface area contributed by atoms with Crippen LogP contribution in [0.25, 0.3) is 0 Å². The molecule has 7 nitrogen and oxygen atoms in total. The maximum absolute atomic E-state index is 13.2. The third-order valence-electron chi connectivity index (χ3n) is 10.3. The smallest absolute Gasteiger partial charge is 0.321 e. The number of benzene rings is 2. The van der Waals surface area contributed by atoms with Crippen molar-refractivity contribution < 1.29 is 14.7 Å². The lowest BCUT2D eigenvalue weighted by Crippen LogP contribution is -2.46. The highest BCUT2D eigenvalue weighted by Crippen LogP contribution is 2.39. The zero-order valence-corrected chi connectivity index (χ0v) is 25.5. The topological polar surface area (TPSA) is 78.7 Å². The van der Waals surface area contributed by atoms with Gasteiger partial charge in [-0.2, -0.15) is 5.10 Å². The van der Waals surface area contributed by atoms with Gasteiger partial charge in [-0.25, -0.2) is 0 Å². The molecule has 2 aliphatic heterocycles. The monoisotopic (exact) mass is 582 g/mol. The molecule has 3 atom stereocenters. The molecule has 0 bridgehead atoms. The molecule has 7 heteroatoms. The van der Waals surface area contributed by atoms with Crippen molar-refractivity contribution in [2.75, 3.05) is 32.7 Å². The van der Waals surface area contributed by atoms with Crippen LogP contribution in [-0.2, 0) is 11.3 Å². The Balaban J connectivity index is 1.13. The highest BCUT2D eigenvalue weighted by Gasteiger charge is 2.43. The lowest BCUT2D eigenvalue weighted by atomic mass is 9.83. The van der Waals surface area contributed by atoms with Crippen molar-refractivity contribution in [3.63, 3.8) is 0 Å². The van der Waals surface area contributed by atoms with Gasteiger partial charge in [0.25, 0.3) is 0 Å². The number of hydrogen-bond donors (Lipinski definition) is 1. The predicted octanol–water partition coefficient (Wildman–Crippen LogP) is 6.06. The van der Waals surface area contributed by atoms with E-state index in [1.165, 1.54) is 12.0 Å². The number of carboxylic acid groups (broad SMARTS) is 1. The Labute approximate surface area is 255 Å². The summed E-state index contributed by atoms with van der Waals surface area (Å²) in [7, 11) is 0. The summed E-state index contributed by atoms with van der Waals surface area (Å²) in [5, 5.41) is 15.2. The van der Waals surface area contributed by atoms with Gasteiger partial charge in [0.2, 0.25) is 5.78 Å². The molecule has 1 aliphatic carbocycles. The number of carboxylic acids is 1. The average Bonchev–Trinajstić information content (AvgIpc) is 3.67. The Bertz CT molecular complexity index is 1360. The maximum Gasteiger partial charge on any atom is 0.321 e. The quantitative estimate of drug-likeness (QED) is 0.293. The highest BCUT2D eigenvalue weighted by atomic mass is 16.4. The van der Waals surface area contributed by atoms with E-state index < -0.39 is 5.97 Å². The molecule has 0 amide bonds. The molecule has 1 N–H and O–H groups in total. The second kappa shape index (κ2) is 13.6. The van der Waals surface area contributed by atoms with Gasteiger partial charge in [0.05, 0.1) is 5.69 Å². The molecule has 0 spiro atoms. The molecule has 0 unspecified atom stereocenters. The van der Waals surface area contributed by atoms with Crippen molar-refractivity contribution in [1.82, 2.24) is 19.6 Å². The van der Waals surface area contributed by atoms with Crippen LogP contribution in [-0.4, -0.2) is 75.2 Å². The molecule has 2 saturated heterocycles. The number of piperidine rings is 1. The number of carbonyl (C=O) groups excluding carboxylic acids is 1. The standard InChI is InChI=1S/C36H46N4O3/c1-2-40-33(35(41)29-16-10-5-11-17-29)22-32(37-40)27-18-20-38(21-19-27)23-30-24-39(25-31(30)26-12-6-3-7-13-26)34(36(42)43)28-14-8-4-9-15-28/h3,5-7,10-13,16-17,22,27-28,30-31,34H,2,4,8-9,14-15,18-21,23-25H2,1H3,(H,42,43)/t30-,31+,34+/m0/s1. The number of likely N-dealkylation sites (tertiary alicyclic amines) is 2. The van der Waals surface area contributed by atoms with Crippen LogP contribution in [0.4, 0.5) is 0 Å². The normalized spacial score (nSPS) is 23.4. The molecular weight excluding hydrogens is 536 g/mol. The summed E-state index contributed by atoms with van der Waals surface area (Å²) in [6.45, 7) is 7.36. The van der Waals surface area contributed by atoms with Crippen molar-refractivity contribution in [3.8, 4) is 0 Å². The van der Waals surface area contributed by atoms with Crippen molar-refractivity contribution >= 4 is 11.8 Å². The molecule has 1 aromatic heterocycles.